The summed E-state index contributed by atoms with van der Waals surface area (Å²) in [6.07, 6.45) is 3.45. The molecule has 0 aliphatic carbocycles. The van der Waals surface area contributed by atoms with Gasteiger partial charge in [-0.05, 0) is 0 Å². The number of hydrogen-bond acceptors (Lipinski definition) is 1. The zero-order valence-corrected chi connectivity index (χ0v) is 5.65. The lowest BCUT2D eigenvalue weighted by molar-refractivity contribution is 0.877. The summed E-state index contributed by atoms with van der Waals surface area (Å²) in [5.74, 6) is 2.20. The van der Waals surface area contributed by atoms with Crippen molar-refractivity contribution in [3.8, 4) is 5.97 Å². The Bertz CT molecular complexity index is 85.0. The SMILES string of the molecule is CCCCB(C)C#N. The third kappa shape index (κ3) is 3.73. The van der Waals surface area contributed by atoms with Gasteiger partial charge in [-0.2, -0.15) is 0 Å². The van der Waals surface area contributed by atoms with Crippen molar-refractivity contribution >= 4 is 6.71 Å². The minimum Gasteiger partial charge on any atom is -0.213 e. The Morgan fingerprint density at radius 1 is 1.62 bits per heavy atom. The van der Waals surface area contributed by atoms with Gasteiger partial charge in [-0.25, -0.2) is 5.26 Å². The molecular weight excluding hydrogens is 96.9 g/mol. The van der Waals surface area contributed by atoms with Crippen LogP contribution in [0.3, 0.4) is 0 Å². The molecule has 0 spiro atoms. The van der Waals surface area contributed by atoms with E-state index < -0.39 is 0 Å². The first-order valence-electron chi connectivity index (χ1n) is 3.20. The standard InChI is InChI=1S/C6H12BN/c1-3-4-5-7(2)6-8/h3-5H2,1-2H3. The third-order valence-electron chi connectivity index (χ3n) is 1.21. The normalized spacial score (nSPS) is 8.12. The Kier molecular flexibility index (Phi) is 4.45. The molecule has 0 aromatic carbocycles. The van der Waals surface area contributed by atoms with Gasteiger partial charge in [-0.15, -0.1) is 0 Å². The summed E-state index contributed by atoms with van der Waals surface area (Å²) >= 11 is 0. The highest BCUT2D eigenvalue weighted by atomic mass is 14.2. The van der Waals surface area contributed by atoms with Crippen molar-refractivity contribution in [1.82, 2.24) is 0 Å². The van der Waals surface area contributed by atoms with E-state index >= 15 is 0 Å². The molecule has 0 radical (unpaired) electrons. The van der Waals surface area contributed by atoms with E-state index in [0.29, 0.717) is 0 Å². The van der Waals surface area contributed by atoms with Crippen molar-refractivity contribution in [2.75, 3.05) is 0 Å². The number of nitriles is 1. The molecule has 2 heteroatoms. The summed E-state index contributed by atoms with van der Waals surface area (Å²) in [5, 5.41) is 8.31. The number of rotatable bonds is 3. The topological polar surface area (TPSA) is 23.8 Å². The fourth-order valence-electron chi connectivity index (χ4n) is 0.575. The van der Waals surface area contributed by atoms with Crippen LogP contribution in [0.4, 0.5) is 0 Å². The molecule has 0 aliphatic rings. The van der Waals surface area contributed by atoms with Gasteiger partial charge in [0.25, 0.3) is 6.71 Å². The molecule has 44 valence electrons. The predicted octanol–water partition coefficient (Wildman–Crippen LogP) is 1.97. The van der Waals surface area contributed by atoms with E-state index in [0.717, 1.165) is 6.32 Å². The van der Waals surface area contributed by atoms with Crippen LogP contribution in [0.2, 0.25) is 13.1 Å². The van der Waals surface area contributed by atoms with Crippen molar-refractivity contribution in [2.24, 2.45) is 0 Å². The maximum absolute atomic E-state index is 8.31. The molecule has 0 aromatic rings. The van der Waals surface area contributed by atoms with Crippen molar-refractivity contribution in [3.05, 3.63) is 0 Å². The summed E-state index contributed by atoms with van der Waals surface area (Å²) in [5.41, 5.74) is 0. The van der Waals surface area contributed by atoms with Gasteiger partial charge in [0.2, 0.25) is 0 Å². The van der Waals surface area contributed by atoms with Crippen molar-refractivity contribution in [3.63, 3.8) is 0 Å². The summed E-state index contributed by atoms with van der Waals surface area (Å²) in [6, 6.07) is 0. The van der Waals surface area contributed by atoms with E-state index in [9.17, 15) is 0 Å². The van der Waals surface area contributed by atoms with Gasteiger partial charge in [0.05, 0.1) is 0 Å². The van der Waals surface area contributed by atoms with Gasteiger partial charge in [0, 0.05) is 5.97 Å². The van der Waals surface area contributed by atoms with Crippen LogP contribution in [-0.2, 0) is 0 Å². The molecule has 0 atom stereocenters. The fourth-order valence-corrected chi connectivity index (χ4v) is 0.575. The molecule has 0 saturated carbocycles. The second kappa shape index (κ2) is 4.71. The summed E-state index contributed by atoms with van der Waals surface area (Å²) in [4.78, 5) is 0. The van der Waals surface area contributed by atoms with E-state index in [1.165, 1.54) is 12.8 Å². The van der Waals surface area contributed by atoms with E-state index in [1.807, 2.05) is 6.82 Å². The van der Waals surface area contributed by atoms with Crippen molar-refractivity contribution < 1.29 is 0 Å². The second-order valence-electron chi connectivity index (χ2n) is 2.17. The molecule has 0 amide bonds. The Labute approximate surface area is 51.8 Å². The summed E-state index contributed by atoms with van der Waals surface area (Å²) < 4.78 is 0. The highest BCUT2D eigenvalue weighted by Crippen LogP contribution is 1.98. The van der Waals surface area contributed by atoms with Crippen molar-refractivity contribution in [1.29, 1.82) is 5.26 Å². The predicted molar refractivity (Wildman–Crippen MR) is 36.9 cm³/mol. The molecule has 8 heavy (non-hydrogen) atoms. The molecule has 0 heterocycles. The largest absolute Gasteiger partial charge is 0.264 e. The monoisotopic (exact) mass is 109 g/mol. The van der Waals surface area contributed by atoms with Gasteiger partial charge in [-0.1, -0.05) is 32.9 Å². The first kappa shape index (κ1) is 7.55. The average molecular weight is 109 g/mol. The quantitative estimate of drug-likeness (QED) is 0.508. The lowest BCUT2D eigenvalue weighted by Crippen LogP contribution is -2.01. The Morgan fingerprint density at radius 3 is 2.62 bits per heavy atom. The summed E-state index contributed by atoms with van der Waals surface area (Å²) in [7, 11) is 0. The van der Waals surface area contributed by atoms with Gasteiger partial charge in [-0.3, -0.25) is 0 Å². The minimum atomic E-state index is 0.259. The van der Waals surface area contributed by atoms with E-state index in [1.54, 1.807) is 0 Å². The Balaban J connectivity index is 3.02. The van der Waals surface area contributed by atoms with E-state index in [4.69, 9.17) is 5.26 Å². The van der Waals surface area contributed by atoms with Crippen LogP contribution in [0.5, 0.6) is 0 Å². The lowest BCUT2D eigenvalue weighted by Gasteiger charge is -1.91. The van der Waals surface area contributed by atoms with Crippen LogP contribution in [0, 0.1) is 11.2 Å². The zero-order chi connectivity index (χ0) is 6.41. The number of unbranched alkanes of at least 4 members (excludes halogenated alkanes) is 1. The van der Waals surface area contributed by atoms with E-state index in [2.05, 4.69) is 12.9 Å². The number of hydrogen-bond donors (Lipinski definition) is 0. The van der Waals surface area contributed by atoms with Crippen LogP contribution < -0.4 is 0 Å². The molecule has 0 rings (SSSR count). The molecule has 0 unspecified atom stereocenters. The Hall–Kier alpha value is -0.445. The zero-order valence-electron chi connectivity index (χ0n) is 5.65. The van der Waals surface area contributed by atoms with Crippen LogP contribution in [0.25, 0.3) is 0 Å². The maximum atomic E-state index is 8.31. The van der Waals surface area contributed by atoms with Gasteiger partial charge >= 0.3 is 0 Å². The second-order valence-corrected chi connectivity index (χ2v) is 2.17. The molecule has 0 aromatic heterocycles. The summed E-state index contributed by atoms with van der Waals surface area (Å²) in [6.45, 7) is 4.37. The lowest BCUT2D eigenvalue weighted by atomic mass is 9.51. The molecule has 0 N–H and O–H groups in total. The molecule has 1 nitrogen and oxygen atoms in total. The molecule has 0 aliphatic heterocycles. The molecule has 0 saturated heterocycles. The van der Waals surface area contributed by atoms with Gasteiger partial charge in [0.1, 0.15) is 0 Å². The van der Waals surface area contributed by atoms with Crippen molar-refractivity contribution in [2.45, 2.75) is 32.9 Å². The highest BCUT2D eigenvalue weighted by Gasteiger charge is 2.01. The average Bonchev–Trinajstić information content (AvgIpc) is 1.83. The maximum Gasteiger partial charge on any atom is 0.264 e. The molecule has 0 fully saturated rings. The minimum absolute atomic E-state index is 0.259. The van der Waals surface area contributed by atoms with Crippen LogP contribution in [0.15, 0.2) is 0 Å². The van der Waals surface area contributed by atoms with Crippen LogP contribution >= 0.6 is 0 Å². The van der Waals surface area contributed by atoms with Crippen LogP contribution in [0.1, 0.15) is 19.8 Å². The first-order chi connectivity index (χ1) is 3.81. The fraction of sp³-hybridized carbons (Fsp3) is 0.833. The third-order valence-corrected chi connectivity index (χ3v) is 1.21. The van der Waals surface area contributed by atoms with Gasteiger partial charge in [0.15, 0.2) is 0 Å². The molecular formula is C6H12BN. The smallest absolute Gasteiger partial charge is 0.213 e. The van der Waals surface area contributed by atoms with Gasteiger partial charge < -0.3 is 0 Å². The highest BCUT2D eigenvalue weighted by molar-refractivity contribution is 6.65. The Morgan fingerprint density at radius 2 is 2.25 bits per heavy atom. The number of nitrogens with zero attached hydrogens (tertiary/aromatic N) is 1. The first-order valence-corrected chi connectivity index (χ1v) is 3.20. The van der Waals surface area contributed by atoms with E-state index in [-0.39, 0.29) is 6.71 Å². The molecule has 0 bridgehead atoms. The van der Waals surface area contributed by atoms with Crippen LogP contribution in [-0.4, -0.2) is 6.71 Å².